The van der Waals surface area contributed by atoms with E-state index in [4.69, 9.17) is 0 Å². The fraction of sp³-hybridized carbons (Fsp3) is 0.562. The Labute approximate surface area is 130 Å². The summed E-state index contributed by atoms with van der Waals surface area (Å²) in [4.78, 5) is 17.4. The van der Waals surface area contributed by atoms with Gasteiger partial charge in [-0.05, 0) is 30.7 Å². The monoisotopic (exact) mass is 306 g/mol. The number of nitrogens with zero attached hydrogens (tertiary/aromatic N) is 2. The number of hydrogen-bond acceptors (Lipinski definition) is 4. The van der Waals surface area contributed by atoms with E-state index in [1.807, 2.05) is 18.2 Å². The molecule has 5 heteroatoms. The Morgan fingerprint density at radius 3 is 2.57 bits per heavy atom. The number of carboxylic acids is 1. The molecule has 0 aromatic heterocycles. The van der Waals surface area contributed by atoms with Gasteiger partial charge in [-0.1, -0.05) is 13.0 Å². The molecule has 3 rings (SSSR count). The van der Waals surface area contributed by atoms with Crippen LogP contribution in [0, 0.1) is 0 Å². The highest BCUT2D eigenvalue weighted by atomic mass is 32.2. The summed E-state index contributed by atoms with van der Waals surface area (Å²) in [6.45, 7) is 6.01. The highest BCUT2D eigenvalue weighted by Crippen LogP contribution is 2.33. The fourth-order valence-corrected chi connectivity index (χ4v) is 3.86. The van der Waals surface area contributed by atoms with Crippen LogP contribution in [0.1, 0.15) is 30.1 Å². The van der Waals surface area contributed by atoms with Gasteiger partial charge in [0.05, 0.1) is 11.3 Å². The zero-order chi connectivity index (χ0) is 14.8. The fourth-order valence-electron chi connectivity index (χ4n) is 3.04. The van der Waals surface area contributed by atoms with Crippen molar-refractivity contribution in [2.24, 2.45) is 0 Å². The number of benzene rings is 1. The molecule has 0 atom stereocenters. The van der Waals surface area contributed by atoms with Crippen LogP contribution in [0.5, 0.6) is 0 Å². The second kappa shape index (κ2) is 6.28. The van der Waals surface area contributed by atoms with E-state index < -0.39 is 5.97 Å². The first-order chi connectivity index (χ1) is 10.2. The Morgan fingerprint density at radius 2 is 2.00 bits per heavy atom. The van der Waals surface area contributed by atoms with Crippen molar-refractivity contribution < 1.29 is 9.90 Å². The molecule has 1 aliphatic heterocycles. The Morgan fingerprint density at radius 1 is 1.29 bits per heavy atom. The normalized spacial score (nSPS) is 19.8. The van der Waals surface area contributed by atoms with E-state index in [2.05, 4.69) is 16.7 Å². The van der Waals surface area contributed by atoms with Crippen molar-refractivity contribution in [1.29, 1.82) is 0 Å². The van der Waals surface area contributed by atoms with Crippen LogP contribution in [-0.2, 0) is 0 Å². The number of hydrogen-bond donors (Lipinski definition) is 1. The topological polar surface area (TPSA) is 43.8 Å². The van der Waals surface area contributed by atoms with Gasteiger partial charge in [0.1, 0.15) is 0 Å². The smallest absolute Gasteiger partial charge is 0.338 e. The van der Waals surface area contributed by atoms with Crippen molar-refractivity contribution in [3.8, 4) is 0 Å². The maximum atomic E-state index is 11.7. The molecular formula is C16H22N2O2S. The third kappa shape index (κ3) is 3.19. The molecule has 114 valence electrons. The van der Waals surface area contributed by atoms with E-state index in [-0.39, 0.29) is 0 Å². The first kappa shape index (κ1) is 14.7. The van der Waals surface area contributed by atoms with Crippen molar-refractivity contribution in [3.63, 3.8) is 0 Å². The summed E-state index contributed by atoms with van der Waals surface area (Å²) in [5.74, 6) is 0.0744. The zero-order valence-corrected chi connectivity index (χ0v) is 13.2. The predicted molar refractivity (Wildman–Crippen MR) is 86.6 cm³/mol. The van der Waals surface area contributed by atoms with Gasteiger partial charge in [-0.25, -0.2) is 4.79 Å². The van der Waals surface area contributed by atoms with Gasteiger partial charge in [-0.3, -0.25) is 4.90 Å². The molecule has 0 unspecified atom stereocenters. The van der Waals surface area contributed by atoms with Gasteiger partial charge in [-0.2, -0.15) is 0 Å². The van der Waals surface area contributed by atoms with Crippen LogP contribution in [0.2, 0.25) is 0 Å². The largest absolute Gasteiger partial charge is 0.478 e. The summed E-state index contributed by atoms with van der Waals surface area (Å²) in [6, 6.07) is 6.65. The van der Waals surface area contributed by atoms with Crippen LogP contribution in [0.15, 0.2) is 23.1 Å². The quantitative estimate of drug-likeness (QED) is 0.848. The summed E-state index contributed by atoms with van der Waals surface area (Å²) in [6.07, 6.45) is 2.67. The van der Waals surface area contributed by atoms with E-state index >= 15 is 0 Å². The van der Waals surface area contributed by atoms with E-state index in [0.29, 0.717) is 5.56 Å². The summed E-state index contributed by atoms with van der Waals surface area (Å²) in [7, 11) is 0. The van der Waals surface area contributed by atoms with Gasteiger partial charge in [0.15, 0.2) is 0 Å². The first-order valence-electron chi connectivity index (χ1n) is 7.68. The third-order valence-corrected chi connectivity index (χ3v) is 5.18. The minimum atomic E-state index is -0.814. The second-order valence-corrected chi connectivity index (χ2v) is 6.95. The van der Waals surface area contributed by atoms with Crippen molar-refractivity contribution in [1.82, 2.24) is 4.90 Å². The molecule has 2 fully saturated rings. The molecule has 0 bridgehead atoms. The first-order valence-corrected chi connectivity index (χ1v) is 8.67. The van der Waals surface area contributed by atoms with Gasteiger partial charge in [0.25, 0.3) is 0 Å². The number of rotatable bonds is 5. The van der Waals surface area contributed by atoms with Gasteiger partial charge < -0.3 is 10.0 Å². The number of anilines is 1. The third-order valence-electron chi connectivity index (χ3n) is 4.24. The summed E-state index contributed by atoms with van der Waals surface area (Å²) in [5.41, 5.74) is 1.36. The van der Waals surface area contributed by atoms with Crippen LogP contribution in [0.25, 0.3) is 0 Å². The summed E-state index contributed by atoms with van der Waals surface area (Å²) >= 11 is 1.61. The molecular weight excluding hydrogens is 284 g/mol. The van der Waals surface area contributed by atoms with E-state index in [1.165, 1.54) is 12.8 Å². The Hall–Kier alpha value is -1.20. The maximum absolute atomic E-state index is 11.7. The lowest BCUT2D eigenvalue weighted by Crippen LogP contribution is -2.47. The van der Waals surface area contributed by atoms with E-state index in [1.54, 1.807) is 11.8 Å². The molecule has 1 aliphatic carbocycles. The Kier molecular flexibility index (Phi) is 4.40. The lowest BCUT2D eigenvalue weighted by molar-refractivity contribution is 0.0693. The SMILES string of the molecule is CCSc1cccc(N2CCN(C3CC3)CC2)c1C(=O)O. The van der Waals surface area contributed by atoms with Crippen LogP contribution in [0.3, 0.4) is 0 Å². The van der Waals surface area contributed by atoms with E-state index in [9.17, 15) is 9.90 Å². The Bertz CT molecular complexity index is 523. The molecule has 1 N–H and O–H groups in total. The predicted octanol–water partition coefficient (Wildman–Crippen LogP) is 2.78. The average Bonchev–Trinajstić information content (AvgIpc) is 3.32. The Balaban J connectivity index is 1.80. The van der Waals surface area contributed by atoms with Crippen LogP contribution in [-0.4, -0.2) is 53.9 Å². The van der Waals surface area contributed by atoms with Crippen LogP contribution >= 0.6 is 11.8 Å². The van der Waals surface area contributed by atoms with Gasteiger partial charge in [0.2, 0.25) is 0 Å². The standard InChI is InChI=1S/C16H22N2O2S/c1-2-21-14-5-3-4-13(15(14)16(19)20)18-10-8-17(9-11-18)12-6-7-12/h3-5,12H,2,6-11H2,1H3,(H,19,20). The number of carboxylic acid groups (broad SMARTS) is 1. The summed E-state index contributed by atoms with van der Waals surface area (Å²) in [5, 5.41) is 9.60. The highest BCUT2D eigenvalue weighted by Gasteiger charge is 2.32. The molecule has 0 spiro atoms. The van der Waals surface area contributed by atoms with Crippen molar-refractivity contribution in [2.75, 3.05) is 36.8 Å². The molecule has 1 aromatic carbocycles. The summed E-state index contributed by atoms with van der Waals surface area (Å²) < 4.78 is 0. The van der Waals surface area contributed by atoms with Gasteiger partial charge in [-0.15, -0.1) is 11.8 Å². The molecule has 2 aliphatic rings. The van der Waals surface area contributed by atoms with Crippen molar-refractivity contribution in [3.05, 3.63) is 23.8 Å². The lowest BCUT2D eigenvalue weighted by Gasteiger charge is -2.37. The van der Waals surface area contributed by atoms with E-state index in [0.717, 1.165) is 48.6 Å². The van der Waals surface area contributed by atoms with Crippen LogP contribution in [0.4, 0.5) is 5.69 Å². The number of thioether (sulfide) groups is 1. The van der Waals surface area contributed by atoms with Crippen LogP contribution < -0.4 is 4.90 Å². The highest BCUT2D eigenvalue weighted by molar-refractivity contribution is 7.99. The molecule has 1 saturated heterocycles. The molecule has 21 heavy (non-hydrogen) atoms. The molecule has 1 aromatic rings. The molecule has 1 saturated carbocycles. The van der Waals surface area contributed by atoms with Gasteiger partial charge in [0, 0.05) is 37.1 Å². The minimum Gasteiger partial charge on any atom is -0.478 e. The average molecular weight is 306 g/mol. The molecule has 0 radical (unpaired) electrons. The van der Waals surface area contributed by atoms with Gasteiger partial charge >= 0.3 is 5.97 Å². The number of aromatic carboxylic acids is 1. The van der Waals surface area contributed by atoms with Crippen molar-refractivity contribution >= 4 is 23.4 Å². The zero-order valence-electron chi connectivity index (χ0n) is 12.4. The second-order valence-electron chi connectivity index (χ2n) is 5.64. The number of piperazine rings is 1. The molecule has 4 nitrogen and oxygen atoms in total. The minimum absolute atomic E-state index is 0.476. The lowest BCUT2D eigenvalue weighted by atomic mass is 10.1. The molecule has 0 amide bonds. The van der Waals surface area contributed by atoms with Crippen molar-refractivity contribution in [2.45, 2.75) is 30.7 Å². The number of carbonyl (C=O) groups is 1. The molecule has 1 heterocycles. The maximum Gasteiger partial charge on any atom is 0.338 e.